The number of hydrogen-bond acceptors (Lipinski definition) is 2. The Morgan fingerprint density at radius 2 is 2.19 bits per heavy atom. The predicted molar refractivity (Wildman–Crippen MR) is 63.8 cm³/mol. The molecular formula is C12H8ClFOS. The highest BCUT2D eigenvalue weighted by atomic mass is 35.5. The summed E-state index contributed by atoms with van der Waals surface area (Å²) in [6.45, 7) is 0. The van der Waals surface area contributed by atoms with Crippen molar-refractivity contribution in [3.05, 3.63) is 57.0 Å². The Morgan fingerprint density at radius 3 is 2.81 bits per heavy atom. The molecule has 16 heavy (non-hydrogen) atoms. The van der Waals surface area contributed by atoms with Gasteiger partial charge in [-0.2, -0.15) is 0 Å². The van der Waals surface area contributed by atoms with Crippen LogP contribution in [0, 0.1) is 5.82 Å². The molecule has 0 aliphatic heterocycles. The van der Waals surface area contributed by atoms with Crippen molar-refractivity contribution in [2.75, 3.05) is 0 Å². The maximum Gasteiger partial charge on any atom is 0.177 e. The Labute approximate surface area is 101 Å². The molecule has 1 aromatic carbocycles. The zero-order valence-corrected chi connectivity index (χ0v) is 9.82. The van der Waals surface area contributed by atoms with Gasteiger partial charge >= 0.3 is 0 Å². The lowest BCUT2D eigenvalue weighted by Crippen LogP contribution is -2.01. The van der Waals surface area contributed by atoms with E-state index in [1.54, 1.807) is 12.1 Å². The van der Waals surface area contributed by atoms with Gasteiger partial charge in [-0.25, -0.2) is 4.39 Å². The Kier molecular flexibility index (Phi) is 3.36. The summed E-state index contributed by atoms with van der Waals surface area (Å²) in [7, 11) is 0. The van der Waals surface area contributed by atoms with E-state index in [9.17, 15) is 9.18 Å². The molecule has 0 saturated heterocycles. The van der Waals surface area contributed by atoms with Gasteiger partial charge in [0.1, 0.15) is 5.82 Å². The zero-order chi connectivity index (χ0) is 11.5. The number of carbonyl (C=O) groups excluding carboxylic acids is 1. The fourth-order valence-electron chi connectivity index (χ4n) is 1.36. The van der Waals surface area contributed by atoms with E-state index in [-0.39, 0.29) is 12.2 Å². The lowest BCUT2D eigenvalue weighted by atomic mass is 10.1. The van der Waals surface area contributed by atoms with Crippen molar-refractivity contribution in [2.24, 2.45) is 0 Å². The second-order valence-electron chi connectivity index (χ2n) is 3.31. The minimum absolute atomic E-state index is 0.00325. The van der Waals surface area contributed by atoms with Crippen LogP contribution in [0.4, 0.5) is 4.39 Å². The summed E-state index contributed by atoms with van der Waals surface area (Å²) in [4.78, 5) is 12.5. The van der Waals surface area contributed by atoms with E-state index in [1.165, 1.54) is 23.5 Å². The zero-order valence-electron chi connectivity index (χ0n) is 8.24. The van der Waals surface area contributed by atoms with Crippen LogP contribution in [0.1, 0.15) is 15.2 Å². The van der Waals surface area contributed by atoms with E-state index in [0.717, 1.165) is 0 Å². The van der Waals surface area contributed by atoms with Crippen LogP contribution < -0.4 is 0 Å². The first kappa shape index (κ1) is 11.3. The van der Waals surface area contributed by atoms with Crippen molar-refractivity contribution in [3.63, 3.8) is 0 Å². The SMILES string of the molecule is O=C(Cc1ccc(F)cc1Cl)c1cccs1. The molecule has 0 bridgehead atoms. The van der Waals surface area contributed by atoms with Crippen molar-refractivity contribution < 1.29 is 9.18 Å². The van der Waals surface area contributed by atoms with E-state index in [2.05, 4.69) is 0 Å². The largest absolute Gasteiger partial charge is 0.293 e. The first-order valence-electron chi connectivity index (χ1n) is 4.67. The van der Waals surface area contributed by atoms with Crippen LogP contribution >= 0.6 is 22.9 Å². The molecule has 0 saturated carbocycles. The quantitative estimate of drug-likeness (QED) is 0.758. The highest BCUT2D eigenvalue weighted by molar-refractivity contribution is 7.12. The van der Waals surface area contributed by atoms with Crippen LogP contribution in [0.15, 0.2) is 35.7 Å². The summed E-state index contributed by atoms with van der Waals surface area (Å²) in [6, 6.07) is 7.67. The number of Topliss-reactive ketones (excluding diaryl/α,β-unsaturated/α-hetero) is 1. The first-order valence-corrected chi connectivity index (χ1v) is 5.93. The third-order valence-electron chi connectivity index (χ3n) is 2.16. The summed E-state index contributed by atoms with van der Waals surface area (Å²) in [5, 5.41) is 2.14. The highest BCUT2D eigenvalue weighted by Crippen LogP contribution is 2.20. The summed E-state index contributed by atoms with van der Waals surface area (Å²) >= 11 is 7.24. The van der Waals surface area contributed by atoms with Crippen molar-refractivity contribution in [1.29, 1.82) is 0 Å². The van der Waals surface area contributed by atoms with Crippen LogP contribution in [0.3, 0.4) is 0 Å². The molecule has 0 aliphatic rings. The van der Waals surface area contributed by atoms with E-state index in [1.807, 2.05) is 11.4 Å². The fourth-order valence-corrected chi connectivity index (χ4v) is 2.26. The maximum absolute atomic E-state index is 12.8. The normalized spacial score (nSPS) is 10.4. The van der Waals surface area contributed by atoms with Crippen LogP contribution in [-0.2, 0) is 6.42 Å². The average molecular weight is 255 g/mol. The molecule has 82 valence electrons. The van der Waals surface area contributed by atoms with Gasteiger partial charge < -0.3 is 0 Å². The van der Waals surface area contributed by atoms with Gasteiger partial charge in [0.15, 0.2) is 5.78 Å². The molecule has 2 rings (SSSR count). The molecule has 0 N–H and O–H groups in total. The molecular weight excluding hydrogens is 247 g/mol. The van der Waals surface area contributed by atoms with Gasteiger partial charge in [0.05, 0.1) is 4.88 Å². The van der Waals surface area contributed by atoms with Crippen LogP contribution in [-0.4, -0.2) is 5.78 Å². The second-order valence-corrected chi connectivity index (χ2v) is 4.67. The van der Waals surface area contributed by atoms with Gasteiger partial charge in [-0.05, 0) is 29.1 Å². The topological polar surface area (TPSA) is 17.1 Å². The predicted octanol–water partition coefficient (Wildman–Crippen LogP) is 3.97. The minimum Gasteiger partial charge on any atom is -0.293 e. The molecule has 1 heterocycles. The smallest absolute Gasteiger partial charge is 0.177 e. The van der Waals surface area contributed by atoms with E-state index in [4.69, 9.17) is 11.6 Å². The molecule has 0 spiro atoms. The first-order chi connectivity index (χ1) is 7.66. The van der Waals surface area contributed by atoms with Gasteiger partial charge in [0.25, 0.3) is 0 Å². The number of thiophene rings is 1. The van der Waals surface area contributed by atoms with E-state index in [0.29, 0.717) is 15.5 Å². The van der Waals surface area contributed by atoms with Crippen LogP contribution in [0.2, 0.25) is 5.02 Å². The number of carbonyl (C=O) groups is 1. The molecule has 0 radical (unpaired) electrons. The number of hydrogen-bond donors (Lipinski definition) is 0. The van der Waals surface area contributed by atoms with Gasteiger partial charge in [-0.1, -0.05) is 23.7 Å². The molecule has 0 amide bonds. The molecule has 2 aromatic rings. The number of rotatable bonds is 3. The third kappa shape index (κ3) is 2.49. The van der Waals surface area contributed by atoms with Gasteiger partial charge in [0.2, 0.25) is 0 Å². The van der Waals surface area contributed by atoms with Crippen molar-refractivity contribution in [3.8, 4) is 0 Å². The molecule has 0 unspecified atom stereocenters. The second kappa shape index (κ2) is 4.76. The lowest BCUT2D eigenvalue weighted by Gasteiger charge is -2.02. The molecule has 0 aliphatic carbocycles. The van der Waals surface area contributed by atoms with Gasteiger partial charge in [-0.3, -0.25) is 4.79 Å². The van der Waals surface area contributed by atoms with E-state index >= 15 is 0 Å². The van der Waals surface area contributed by atoms with Crippen molar-refractivity contribution in [2.45, 2.75) is 6.42 Å². The summed E-state index contributed by atoms with van der Waals surface area (Å²) in [5.74, 6) is -0.388. The maximum atomic E-state index is 12.8. The van der Waals surface area contributed by atoms with Crippen LogP contribution in [0.25, 0.3) is 0 Å². The molecule has 4 heteroatoms. The van der Waals surface area contributed by atoms with Crippen molar-refractivity contribution >= 4 is 28.7 Å². The van der Waals surface area contributed by atoms with Gasteiger partial charge in [-0.15, -0.1) is 11.3 Å². The highest BCUT2D eigenvalue weighted by Gasteiger charge is 2.10. The molecule has 0 atom stereocenters. The Hall–Kier alpha value is -1.19. The Bertz CT molecular complexity index is 508. The number of benzene rings is 1. The van der Waals surface area contributed by atoms with Crippen LogP contribution in [0.5, 0.6) is 0 Å². The van der Waals surface area contributed by atoms with Crippen molar-refractivity contribution in [1.82, 2.24) is 0 Å². The Balaban J connectivity index is 2.18. The summed E-state index contributed by atoms with van der Waals surface area (Å²) in [6.07, 6.45) is 0.208. The Morgan fingerprint density at radius 1 is 1.38 bits per heavy atom. The molecule has 0 fully saturated rings. The standard InChI is InChI=1S/C12H8ClFOS/c13-10-7-9(14)4-3-8(10)6-11(15)12-2-1-5-16-12/h1-5,7H,6H2. The lowest BCUT2D eigenvalue weighted by molar-refractivity contribution is 0.0997. The number of ketones is 1. The summed E-state index contributed by atoms with van der Waals surface area (Å²) < 4.78 is 12.8. The third-order valence-corrected chi connectivity index (χ3v) is 3.42. The minimum atomic E-state index is -0.391. The fraction of sp³-hybridized carbons (Fsp3) is 0.0833. The van der Waals surface area contributed by atoms with E-state index < -0.39 is 5.82 Å². The number of halogens is 2. The molecule has 1 aromatic heterocycles. The molecule has 1 nitrogen and oxygen atoms in total. The monoisotopic (exact) mass is 254 g/mol. The summed E-state index contributed by atoms with van der Waals surface area (Å²) in [5.41, 5.74) is 0.654. The average Bonchev–Trinajstić information content (AvgIpc) is 2.75. The van der Waals surface area contributed by atoms with Gasteiger partial charge in [0, 0.05) is 11.4 Å².